The van der Waals surface area contributed by atoms with E-state index in [4.69, 9.17) is 9.63 Å². The Morgan fingerprint density at radius 2 is 2.21 bits per heavy atom. The van der Waals surface area contributed by atoms with Gasteiger partial charge in [-0.05, 0) is 13.3 Å². The Morgan fingerprint density at radius 1 is 1.53 bits per heavy atom. The smallest absolute Gasteiger partial charge is 0.326 e. The van der Waals surface area contributed by atoms with Crippen molar-refractivity contribution in [1.82, 2.24) is 10.5 Å². The average molecular weight is 270 g/mol. The predicted molar refractivity (Wildman–Crippen MR) is 61.4 cm³/mol. The molecule has 2 N–H and O–H groups in total. The Labute approximate surface area is 108 Å². The van der Waals surface area contributed by atoms with Crippen molar-refractivity contribution in [2.45, 2.75) is 25.8 Å². The zero-order valence-corrected chi connectivity index (χ0v) is 10.5. The number of carbonyl (C=O) groups excluding carboxylic acids is 2. The number of carboxylic acids is 1. The van der Waals surface area contributed by atoms with Crippen molar-refractivity contribution < 1.29 is 28.8 Å². The molecule has 1 aromatic rings. The number of aromatic nitrogens is 1. The summed E-state index contributed by atoms with van der Waals surface area (Å²) >= 11 is 0. The standard InChI is InChI=1S/C11H14N2O6/c1-6-5-8(13-19-6)10(15)12-7(11(16)17)3-4-9(14)18-2/h5,7H,3-4H2,1-2H3,(H,12,15)(H,16,17). The fourth-order valence-electron chi connectivity index (χ4n) is 1.33. The van der Waals surface area contributed by atoms with Gasteiger partial charge in [-0.3, -0.25) is 9.59 Å². The van der Waals surface area contributed by atoms with Crippen molar-refractivity contribution in [3.8, 4) is 0 Å². The molecule has 0 saturated heterocycles. The van der Waals surface area contributed by atoms with Crippen molar-refractivity contribution >= 4 is 17.8 Å². The van der Waals surface area contributed by atoms with Crippen LogP contribution in [-0.4, -0.2) is 41.3 Å². The molecule has 1 unspecified atom stereocenters. The fourth-order valence-corrected chi connectivity index (χ4v) is 1.33. The molecule has 1 rings (SSSR count). The van der Waals surface area contributed by atoms with Gasteiger partial charge in [-0.15, -0.1) is 0 Å². The maximum absolute atomic E-state index is 11.7. The molecule has 0 radical (unpaired) electrons. The molecule has 0 aromatic carbocycles. The van der Waals surface area contributed by atoms with Crippen molar-refractivity contribution in [3.63, 3.8) is 0 Å². The topological polar surface area (TPSA) is 119 Å². The molecule has 8 nitrogen and oxygen atoms in total. The van der Waals surface area contributed by atoms with Gasteiger partial charge in [0, 0.05) is 12.5 Å². The van der Waals surface area contributed by atoms with Crippen LogP contribution in [0.1, 0.15) is 29.1 Å². The van der Waals surface area contributed by atoms with Gasteiger partial charge in [0.05, 0.1) is 7.11 Å². The number of aliphatic carboxylic acids is 1. The summed E-state index contributed by atoms with van der Waals surface area (Å²) in [6.07, 6.45) is -0.170. The SMILES string of the molecule is COC(=O)CCC(NC(=O)c1cc(C)on1)C(=O)O. The van der Waals surface area contributed by atoms with Gasteiger partial charge in [0.15, 0.2) is 5.69 Å². The van der Waals surface area contributed by atoms with Crippen LogP contribution in [0.2, 0.25) is 0 Å². The maximum atomic E-state index is 11.7. The molecule has 0 bridgehead atoms. The lowest BCUT2D eigenvalue weighted by molar-refractivity contribution is -0.142. The summed E-state index contributed by atoms with van der Waals surface area (Å²) in [5.41, 5.74) is -0.0122. The van der Waals surface area contributed by atoms with Crippen LogP contribution >= 0.6 is 0 Å². The first kappa shape index (κ1) is 14.7. The summed E-state index contributed by atoms with van der Waals surface area (Å²) in [6.45, 7) is 1.61. The Morgan fingerprint density at radius 3 is 2.68 bits per heavy atom. The normalized spacial score (nSPS) is 11.7. The minimum atomic E-state index is -1.24. The molecule has 104 valence electrons. The van der Waals surface area contributed by atoms with Crippen LogP contribution in [-0.2, 0) is 14.3 Å². The molecule has 0 fully saturated rings. The highest BCUT2D eigenvalue weighted by Crippen LogP contribution is 2.04. The average Bonchev–Trinajstić information content (AvgIpc) is 2.80. The van der Waals surface area contributed by atoms with E-state index in [0.29, 0.717) is 5.76 Å². The highest BCUT2D eigenvalue weighted by Gasteiger charge is 2.23. The van der Waals surface area contributed by atoms with E-state index in [1.54, 1.807) is 6.92 Å². The summed E-state index contributed by atoms with van der Waals surface area (Å²) in [6, 6.07) is 0.192. The van der Waals surface area contributed by atoms with Gasteiger partial charge in [0.2, 0.25) is 0 Å². The third-order valence-electron chi connectivity index (χ3n) is 2.33. The first-order valence-electron chi connectivity index (χ1n) is 5.48. The number of nitrogens with zero attached hydrogens (tertiary/aromatic N) is 1. The van der Waals surface area contributed by atoms with E-state index < -0.39 is 23.9 Å². The number of hydrogen-bond donors (Lipinski definition) is 2. The Bertz CT molecular complexity index is 481. The molecule has 1 atom stereocenters. The third-order valence-corrected chi connectivity index (χ3v) is 2.33. The summed E-state index contributed by atoms with van der Waals surface area (Å²) in [5.74, 6) is -2.02. The van der Waals surface area contributed by atoms with Crippen LogP contribution in [0.3, 0.4) is 0 Å². The number of amides is 1. The summed E-state index contributed by atoms with van der Waals surface area (Å²) < 4.78 is 9.11. The summed E-state index contributed by atoms with van der Waals surface area (Å²) in [7, 11) is 1.20. The lowest BCUT2D eigenvalue weighted by Crippen LogP contribution is -2.41. The van der Waals surface area contributed by atoms with Crippen LogP contribution < -0.4 is 5.32 Å². The number of nitrogens with one attached hydrogen (secondary N) is 1. The quantitative estimate of drug-likeness (QED) is 0.704. The van der Waals surface area contributed by atoms with Crippen molar-refractivity contribution in [3.05, 3.63) is 17.5 Å². The monoisotopic (exact) mass is 270 g/mol. The number of rotatable bonds is 6. The first-order chi connectivity index (χ1) is 8.93. The zero-order valence-electron chi connectivity index (χ0n) is 10.5. The Kier molecular flexibility index (Phi) is 5.04. The van der Waals surface area contributed by atoms with E-state index in [1.807, 2.05) is 0 Å². The lowest BCUT2D eigenvalue weighted by atomic mass is 10.1. The molecule has 0 aliphatic carbocycles. The molecule has 0 aliphatic heterocycles. The maximum Gasteiger partial charge on any atom is 0.326 e. The van der Waals surface area contributed by atoms with Gasteiger partial charge in [-0.2, -0.15) is 0 Å². The number of esters is 1. The van der Waals surface area contributed by atoms with E-state index in [0.717, 1.165) is 0 Å². The van der Waals surface area contributed by atoms with E-state index >= 15 is 0 Å². The van der Waals surface area contributed by atoms with Crippen LogP contribution in [0.25, 0.3) is 0 Å². The molecule has 0 aliphatic rings. The van der Waals surface area contributed by atoms with Crippen LogP contribution in [0.15, 0.2) is 10.6 Å². The second-order valence-corrected chi connectivity index (χ2v) is 3.80. The number of hydrogen-bond acceptors (Lipinski definition) is 6. The first-order valence-corrected chi connectivity index (χ1v) is 5.48. The second kappa shape index (κ2) is 6.53. The third kappa shape index (κ3) is 4.41. The van der Waals surface area contributed by atoms with Gasteiger partial charge in [-0.1, -0.05) is 5.16 Å². The van der Waals surface area contributed by atoms with Gasteiger partial charge in [0.1, 0.15) is 11.8 Å². The zero-order chi connectivity index (χ0) is 14.4. The molecular formula is C11H14N2O6. The number of carbonyl (C=O) groups is 3. The number of ether oxygens (including phenoxy) is 1. The van der Waals surface area contributed by atoms with Crippen molar-refractivity contribution in [2.24, 2.45) is 0 Å². The fraction of sp³-hybridized carbons (Fsp3) is 0.455. The molecule has 0 saturated carbocycles. The minimum Gasteiger partial charge on any atom is -0.480 e. The Balaban J connectivity index is 2.61. The summed E-state index contributed by atoms with van der Waals surface area (Å²) in [5, 5.41) is 14.7. The van der Waals surface area contributed by atoms with E-state index in [2.05, 4.69) is 15.2 Å². The molecule has 1 aromatic heterocycles. The molecule has 1 heterocycles. The predicted octanol–water partition coefficient (Wildman–Crippen LogP) is 0.119. The van der Waals surface area contributed by atoms with Crippen LogP contribution in [0.5, 0.6) is 0 Å². The number of carboxylic acid groups (broad SMARTS) is 1. The van der Waals surface area contributed by atoms with E-state index in [9.17, 15) is 14.4 Å². The van der Waals surface area contributed by atoms with E-state index in [-0.39, 0.29) is 18.5 Å². The van der Waals surface area contributed by atoms with Gasteiger partial charge in [0.25, 0.3) is 5.91 Å². The van der Waals surface area contributed by atoms with E-state index in [1.165, 1.54) is 13.2 Å². The van der Waals surface area contributed by atoms with Gasteiger partial charge >= 0.3 is 11.9 Å². The largest absolute Gasteiger partial charge is 0.480 e. The molecule has 1 amide bonds. The number of methoxy groups -OCH3 is 1. The molecule has 0 spiro atoms. The number of aryl methyl sites for hydroxylation is 1. The minimum absolute atomic E-state index is 0.0122. The van der Waals surface area contributed by atoms with Gasteiger partial charge in [-0.25, -0.2) is 4.79 Å². The van der Waals surface area contributed by atoms with Gasteiger partial charge < -0.3 is 19.7 Å². The van der Waals surface area contributed by atoms with Crippen molar-refractivity contribution in [1.29, 1.82) is 0 Å². The highest BCUT2D eigenvalue weighted by atomic mass is 16.5. The van der Waals surface area contributed by atoms with Crippen molar-refractivity contribution in [2.75, 3.05) is 7.11 Å². The highest BCUT2D eigenvalue weighted by molar-refractivity contribution is 5.95. The molecule has 19 heavy (non-hydrogen) atoms. The Hall–Kier alpha value is -2.38. The molecule has 8 heteroatoms. The lowest BCUT2D eigenvalue weighted by Gasteiger charge is -2.12. The van der Waals surface area contributed by atoms with Crippen LogP contribution in [0, 0.1) is 6.92 Å². The molecular weight excluding hydrogens is 256 g/mol. The second-order valence-electron chi connectivity index (χ2n) is 3.80. The summed E-state index contributed by atoms with van der Waals surface area (Å²) in [4.78, 5) is 33.6. The van der Waals surface area contributed by atoms with Crippen LogP contribution in [0.4, 0.5) is 0 Å².